The molecule has 2 aromatic carbocycles. The lowest BCUT2D eigenvalue weighted by atomic mass is 10.1. The molecule has 0 unspecified atom stereocenters. The van der Waals surface area contributed by atoms with Gasteiger partial charge in [0, 0.05) is 23.5 Å². The summed E-state index contributed by atoms with van der Waals surface area (Å²) in [5.41, 5.74) is 3.87. The van der Waals surface area contributed by atoms with E-state index in [1.165, 1.54) is 7.11 Å². The van der Waals surface area contributed by atoms with Crippen LogP contribution in [0.25, 0.3) is 22.7 Å². The maximum absolute atomic E-state index is 12.7. The number of oxazole rings is 1. The second-order valence-electron chi connectivity index (χ2n) is 6.85. The lowest BCUT2D eigenvalue weighted by Gasteiger charge is -2.14. The summed E-state index contributed by atoms with van der Waals surface area (Å²) in [5.74, 6) is 1.01. The van der Waals surface area contributed by atoms with Crippen molar-refractivity contribution in [2.75, 3.05) is 19.5 Å². The molecule has 162 valence electrons. The third kappa shape index (κ3) is 4.37. The molecule has 2 aromatic heterocycles. The number of benzene rings is 2. The molecule has 0 aliphatic carbocycles. The number of nitrogens with one attached hydrogen (secondary N) is 2. The summed E-state index contributed by atoms with van der Waals surface area (Å²) in [5, 5.41) is 5.89. The van der Waals surface area contributed by atoms with Crippen molar-refractivity contribution in [3.63, 3.8) is 0 Å². The van der Waals surface area contributed by atoms with Crippen molar-refractivity contribution < 1.29 is 18.7 Å². The highest BCUT2D eigenvalue weighted by molar-refractivity contribution is 7.80. The fourth-order valence-electron chi connectivity index (χ4n) is 3.09. The molecule has 4 rings (SSSR count). The molecule has 0 aliphatic heterocycles. The highest BCUT2D eigenvalue weighted by atomic mass is 32.1. The van der Waals surface area contributed by atoms with Crippen LogP contribution in [0.3, 0.4) is 0 Å². The van der Waals surface area contributed by atoms with E-state index in [4.69, 9.17) is 26.1 Å². The summed E-state index contributed by atoms with van der Waals surface area (Å²) in [7, 11) is 3.03. The summed E-state index contributed by atoms with van der Waals surface area (Å²) in [4.78, 5) is 21.3. The van der Waals surface area contributed by atoms with Crippen LogP contribution in [0.5, 0.6) is 11.5 Å². The zero-order valence-electron chi connectivity index (χ0n) is 17.6. The van der Waals surface area contributed by atoms with Crippen molar-refractivity contribution >= 4 is 40.2 Å². The van der Waals surface area contributed by atoms with Crippen LogP contribution in [0, 0.1) is 6.92 Å². The molecule has 0 aliphatic rings. The van der Waals surface area contributed by atoms with E-state index >= 15 is 0 Å². The number of aryl methyl sites for hydroxylation is 1. The smallest absolute Gasteiger partial charge is 0.261 e. The minimum absolute atomic E-state index is 0.146. The summed E-state index contributed by atoms with van der Waals surface area (Å²) in [6.45, 7) is 1.93. The van der Waals surface area contributed by atoms with E-state index in [9.17, 15) is 4.79 Å². The minimum atomic E-state index is -0.402. The SMILES string of the molecule is COc1ccc(C(=O)NC(=S)Nc2cc(-c3nc4ncccc4o3)ccc2C)c(OC)c1. The molecule has 0 saturated heterocycles. The molecule has 0 spiro atoms. The van der Waals surface area contributed by atoms with Crippen LogP contribution >= 0.6 is 12.2 Å². The molecule has 0 bridgehead atoms. The maximum Gasteiger partial charge on any atom is 0.261 e. The van der Waals surface area contributed by atoms with Crippen molar-refractivity contribution in [3.05, 3.63) is 65.9 Å². The molecule has 32 heavy (non-hydrogen) atoms. The highest BCUT2D eigenvalue weighted by Crippen LogP contribution is 2.28. The van der Waals surface area contributed by atoms with E-state index in [0.29, 0.717) is 39.9 Å². The Morgan fingerprint density at radius 1 is 1.09 bits per heavy atom. The first-order valence-corrected chi connectivity index (χ1v) is 10.1. The second kappa shape index (κ2) is 9.03. The van der Waals surface area contributed by atoms with Crippen molar-refractivity contribution in [1.82, 2.24) is 15.3 Å². The molecule has 2 heterocycles. The minimum Gasteiger partial charge on any atom is -0.497 e. The molecule has 9 heteroatoms. The van der Waals surface area contributed by atoms with Crippen LogP contribution in [-0.2, 0) is 0 Å². The molecule has 0 fully saturated rings. The largest absolute Gasteiger partial charge is 0.497 e. The van der Waals surface area contributed by atoms with E-state index < -0.39 is 5.91 Å². The summed E-state index contributed by atoms with van der Waals surface area (Å²) >= 11 is 5.35. The first kappa shape index (κ1) is 21.3. The number of fused-ring (bicyclic) bond motifs is 1. The van der Waals surface area contributed by atoms with Crippen LogP contribution in [0.4, 0.5) is 5.69 Å². The zero-order valence-corrected chi connectivity index (χ0v) is 18.4. The molecule has 8 nitrogen and oxygen atoms in total. The van der Waals surface area contributed by atoms with Gasteiger partial charge >= 0.3 is 0 Å². The van der Waals surface area contributed by atoms with E-state index in [-0.39, 0.29) is 5.11 Å². The molecule has 0 radical (unpaired) electrons. The standard InChI is InChI=1S/C23H20N4O4S/c1-13-6-7-14(22-26-20-18(31-22)5-4-10-24-20)11-17(13)25-23(32)27-21(28)16-9-8-15(29-2)12-19(16)30-3/h4-12H,1-3H3,(H2,25,27,28,32). The van der Waals surface area contributed by atoms with Crippen LogP contribution in [-0.4, -0.2) is 35.2 Å². The summed E-state index contributed by atoms with van der Waals surface area (Å²) in [6.07, 6.45) is 1.66. The van der Waals surface area contributed by atoms with E-state index in [0.717, 1.165) is 11.1 Å². The number of carbonyl (C=O) groups excluding carboxylic acids is 1. The Labute approximate surface area is 189 Å². The Hall–Kier alpha value is -3.98. The number of pyridine rings is 1. The van der Waals surface area contributed by atoms with Gasteiger partial charge in [-0.15, -0.1) is 0 Å². The fourth-order valence-corrected chi connectivity index (χ4v) is 3.29. The molecular weight excluding hydrogens is 428 g/mol. The number of nitrogens with zero attached hydrogens (tertiary/aromatic N) is 2. The lowest BCUT2D eigenvalue weighted by molar-refractivity contribution is 0.0974. The molecule has 0 saturated carbocycles. The Morgan fingerprint density at radius 2 is 1.94 bits per heavy atom. The number of amides is 1. The maximum atomic E-state index is 12.7. The van der Waals surface area contributed by atoms with Gasteiger partial charge in [0.1, 0.15) is 11.5 Å². The number of carbonyl (C=O) groups is 1. The fraction of sp³-hybridized carbons (Fsp3) is 0.130. The normalized spacial score (nSPS) is 10.6. The number of rotatable bonds is 5. The van der Waals surface area contributed by atoms with Crippen molar-refractivity contribution in [2.24, 2.45) is 0 Å². The molecule has 0 atom stereocenters. The van der Waals surface area contributed by atoms with Crippen LogP contribution in [0.15, 0.2) is 59.1 Å². The monoisotopic (exact) mass is 448 g/mol. The average Bonchev–Trinajstić information content (AvgIpc) is 3.24. The van der Waals surface area contributed by atoms with E-state index in [2.05, 4.69) is 20.6 Å². The average molecular weight is 449 g/mol. The van der Waals surface area contributed by atoms with Gasteiger partial charge in [0.2, 0.25) is 5.89 Å². The first-order chi connectivity index (χ1) is 15.5. The Morgan fingerprint density at radius 3 is 2.69 bits per heavy atom. The highest BCUT2D eigenvalue weighted by Gasteiger charge is 2.16. The number of thiocarbonyl (C=S) groups is 1. The lowest BCUT2D eigenvalue weighted by Crippen LogP contribution is -2.34. The molecular formula is C23H20N4O4S. The Kier molecular flexibility index (Phi) is 6.00. The Bertz CT molecular complexity index is 1290. The number of anilines is 1. The molecule has 4 aromatic rings. The predicted octanol–water partition coefficient (Wildman–Crippen LogP) is 4.34. The van der Waals surface area contributed by atoms with E-state index in [1.54, 1.807) is 37.6 Å². The number of ether oxygens (including phenoxy) is 2. The van der Waals surface area contributed by atoms with Gasteiger partial charge in [-0.1, -0.05) is 6.07 Å². The van der Waals surface area contributed by atoms with Gasteiger partial charge < -0.3 is 19.2 Å². The third-order valence-electron chi connectivity index (χ3n) is 4.78. The van der Waals surface area contributed by atoms with Crippen LogP contribution in [0.1, 0.15) is 15.9 Å². The van der Waals surface area contributed by atoms with Crippen LogP contribution < -0.4 is 20.1 Å². The van der Waals surface area contributed by atoms with Gasteiger partial charge in [-0.2, -0.15) is 4.98 Å². The predicted molar refractivity (Wildman–Crippen MR) is 125 cm³/mol. The van der Waals surface area contributed by atoms with Gasteiger partial charge in [0.15, 0.2) is 16.3 Å². The first-order valence-electron chi connectivity index (χ1n) is 9.65. The topological polar surface area (TPSA) is 98.5 Å². The quantitative estimate of drug-likeness (QED) is 0.435. The Balaban J connectivity index is 1.52. The van der Waals surface area contributed by atoms with Gasteiger partial charge in [0.25, 0.3) is 5.91 Å². The van der Waals surface area contributed by atoms with Crippen molar-refractivity contribution in [3.8, 4) is 23.0 Å². The van der Waals surface area contributed by atoms with Gasteiger partial charge in [-0.05, 0) is 61.1 Å². The summed E-state index contributed by atoms with van der Waals surface area (Å²) < 4.78 is 16.2. The number of hydrogen-bond donors (Lipinski definition) is 2. The third-order valence-corrected chi connectivity index (χ3v) is 4.98. The van der Waals surface area contributed by atoms with Crippen molar-refractivity contribution in [1.29, 1.82) is 0 Å². The van der Waals surface area contributed by atoms with Gasteiger partial charge in [0.05, 0.1) is 19.8 Å². The van der Waals surface area contributed by atoms with Crippen LogP contribution in [0.2, 0.25) is 0 Å². The van der Waals surface area contributed by atoms with Gasteiger partial charge in [-0.3, -0.25) is 10.1 Å². The second-order valence-corrected chi connectivity index (χ2v) is 7.26. The number of aromatic nitrogens is 2. The molecule has 1 amide bonds. The number of hydrogen-bond acceptors (Lipinski definition) is 7. The van der Waals surface area contributed by atoms with E-state index in [1.807, 2.05) is 31.2 Å². The van der Waals surface area contributed by atoms with Crippen molar-refractivity contribution in [2.45, 2.75) is 6.92 Å². The number of methoxy groups -OCH3 is 2. The summed E-state index contributed by atoms with van der Waals surface area (Å²) in [6, 6.07) is 14.2. The van der Waals surface area contributed by atoms with Gasteiger partial charge in [-0.25, -0.2) is 4.98 Å². The zero-order chi connectivity index (χ0) is 22.7. The molecule has 2 N–H and O–H groups in total.